The second-order valence-electron chi connectivity index (χ2n) is 4.10. The van der Waals surface area contributed by atoms with Crippen LogP contribution >= 0.6 is 34.8 Å². The first kappa shape index (κ1) is 13.6. The zero-order valence-corrected chi connectivity index (χ0v) is 12.1. The van der Waals surface area contributed by atoms with Gasteiger partial charge in [-0.25, -0.2) is 14.4 Å². The maximum Gasteiger partial charge on any atom is 0.161 e. The third kappa shape index (κ3) is 2.33. The lowest BCUT2D eigenvalue weighted by Gasteiger charge is -2.07. The first-order valence-corrected chi connectivity index (χ1v) is 6.77. The van der Waals surface area contributed by atoms with Crippen LogP contribution in [0.2, 0.25) is 15.2 Å². The second-order valence-corrected chi connectivity index (χ2v) is 5.27. The van der Waals surface area contributed by atoms with E-state index in [1.807, 2.05) is 0 Å². The van der Waals surface area contributed by atoms with E-state index in [1.54, 1.807) is 24.3 Å². The molecule has 0 bridgehead atoms. The van der Waals surface area contributed by atoms with E-state index in [2.05, 4.69) is 9.97 Å². The van der Waals surface area contributed by atoms with Crippen molar-refractivity contribution in [3.05, 3.63) is 57.4 Å². The molecule has 0 spiro atoms. The summed E-state index contributed by atoms with van der Waals surface area (Å²) >= 11 is 18.4. The van der Waals surface area contributed by atoms with Crippen LogP contribution in [0.15, 0.2) is 36.4 Å². The van der Waals surface area contributed by atoms with Crippen LogP contribution in [0.4, 0.5) is 4.39 Å². The van der Waals surface area contributed by atoms with Crippen LogP contribution in [0.5, 0.6) is 0 Å². The van der Waals surface area contributed by atoms with Crippen molar-refractivity contribution < 1.29 is 4.39 Å². The van der Waals surface area contributed by atoms with Crippen LogP contribution in [-0.4, -0.2) is 9.97 Å². The molecule has 0 aliphatic heterocycles. The predicted molar refractivity (Wildman–Crippen MR) is 80.0 cm³/mol. The van der Waals surface area contributed by atoms with Gasteiger partial charge in [0.1, 0.15) is 11.0 Å². The Kier molecular flexibility index (Phi) is 3.50. The third-order valence-electron chi connectivity index (χ3n) is 2.81. The minimum Gasteiger partial charge on any atom is -0.226 e. The molecule has 100 valence electrons. The van der Waals surface area contributed by atoms with E-state index in [0.717, 1.165) is 0 Å². The molecule has 2 aromatic carbocycles. The summed E-state index contributed by atoms with van der Waals surface area (Å²) < 4.78 is 12.9. The smallest absolute Gasteiger partial charge is 0.161 e. The second kappa shape index (κ2) is 5.17. The van der Waals surface area contributed by atoms with Crippen LogP contribution in [0.3, 0.4) is 0 Å². The van der Waals surface area contributed by atoms with Crippen LogP contribution in [0.1, 0.15) is 0 Å². The molecule has 0 atom stereocenters. The number of hydrogen-bond donors (Lipinski definition) is 0. The summed E-state index contributed by atoms with van der Waals surface area (Å²) in [5, 5.41) is 1.57. The number of nitrogens with zero attached hydrogens (tertiary/aromatic N) is 2. The molecule has 0 amide bonds. The molecule has 0 aliphatic rings. The zero-order valence-electron chi connectivity index (χ0n) is 9.87. The summed E-state index contributed by atoms with van der Waals surface area (Å²) in [5.41, 5.74) is 1.12. The Balaban J connectivity index is 2.29. The summed E-state index contributed by atoms with van der Waals surface area (Å²) in [5.74, 6) is 0.0355. The summed E-state index contributed by atoms with van der Waals surface area (Å²) in [6.45, 7) is 0. The van der Waals surface area contributed by atoms with Crippen molar-refractivity contribution in [2.45, 2.75) is 0 Å². The fraction of sp³-hybridized carbons (Fsp3) is 0. The first-order valence-electron chi connectivity index (χ1n) is 5.63. The van der Waals surface area contributed by atoms with Gasteiger partial charge < -0.3 is 0 Å². The largest absolute Gasteiger partial charge is 0.226 e. The molecule has 20 heavy (non-hydrogen) atoms. The fourth-order valence-corrected chi connectivity index (χ4v) is 2.62. The van der Waals surface area contributed by atoms with Crippen LogP contribution < -0.4 is 0 Å². The number of halogens is 4. The van der Waals surface area contributed by atoms with Crippen LogP contribution in [-0.2, 0) is 0 Å². The van der Waals surface area contributed by atoms with E-state index in [-0.39, 0.29) is 11.0 Å². The van der Waals surface area contributed by atoms with Gasteiger partial charge in [-0.05, 0) is 36.4 Å². The number of fused-ring (bicyclic) bond motifs is 1. The molecular weight excluding hydrogens is 322 g/mol. The van der Waals surface area contributed by atoms with E-state index in [1.165, 1.54) is 12.1 Å². The molecule has 0 fully saturated rings. The Hall–Kier alpha value is -1.42. The molecular formula is C14H6Cl3FN2. The van der Waals surface area contributed by atoms with Gasteiger partial charge in [0, 0.05) is 5.56 Å². The van der Waals surface area contributed by atoms with Gasteiger partial charge in [0.05, 0.1) is 20.9 Å². The monoisotopic (exact) mass is 326 g/mol. The average Bonchev–Trinajstić information content (AvgIpc) is 2.43. The molecule has 6 heteroatoms. The predicted octanol–water partition coefficient (Wildman–Crippen LogP) is 5.40. The average molecular weight is 328 g/mol. The molecule has 0 aliphatic carbocycles. The molecule has 0 saturated heterocycles. The van der Waals surface area contributed by atoms with Gasteiger partial charge in [0.25, 0.3) is 0 Å². The number of aromatic nitrogens is 2. The highest BCUT2D eigenvalue weighted by atomic mass is 35.5. The Morgan fingerprint density at radius 2 is 1.45 bits per heavy atom. The van der Waals surface area contributed by atoms with Gasteiger partial charge in [-0.15, -0.1) is 0 Å². The summed E-state index contributed by atoms with van der Waals surface area (Å²) in [7, 11) is 0. The van der Waals surface area contributed by atoms with Gasteiger partial charge in [-0.1, -0.05) is 34.8 Å². The highest BCUT2D eigenvalue weighted by Gasteiger charge is 2.13. The van der Waals surface area contributed by atoms with E-state index < -0.39 is 0 Å². The van der Waals surface area contributed by atoms with E-state index in [9.17, 15) is 4.39 Å². The standard InChI is InChI=1S/C14H6Cl3FN2/c15-9-5-6-10(16)12-11(9)13(17)20-14(19-12)7-1-3-8(18)4-2-7/h1-6H. The summed E-state index contributed by atoms with van der Waals surface area (Å²) in [6, 6.07) is 9.09. The van der Waals surface area contributed by atoms with E-state index in [0.29, 0.717) is 32.3 Å². The fourth-order valence-electron chi connectivity index (χ4n) is 1.85. The Morgan fingerprint density at radius 3 is 2.15 bits per heavy atom. The van der Waals surface area contributed by atoms with Crippen molar-refractivity contribution in [2.75, 3.05) is 0 Å². The zero-order chi connectivity index (χ0) is 14.3. The van der Waals surface area contributed by atoms with Gasteiger partial charge in [0.15, 0.2) is 5.82 Å². The molecule has 0 radical (unpaired) electrons. The Morgan fingerprint density at radius 1 is 0.800 bits per heavy atom. The molecule has 0 unspecified atom stereocenters. The maximum atomic E-state index is 12.9. The summed E-state index contributed by atoms with van der Waals surface area (Å²) in [6.07, 6.45) is 0. The van der Waals surface area contributed by atoms with Crippen molar-refractivity contribution in [3.63, 3.8) is 0 Å². The lowest BCUT2D eigenvalue weighted by Crippen LogP contribution is -1.93. The van der Waals surface area contributed by atoms with Crippen LogP contribution in [0.25, 0.3) is 22.3 Å². The third-order valence-corrected chi connectivity index (χ3v) is 3.70. The van der Waals surface area contributed by atoms with Crippen molar-refractivity contribution >= 4 is 45.7 Å². The topological polar surface area (TPSA) is 25.8 Å². The van der Waals surface area contributed by atoms with Crippen molar-refractivity contribution in [2.24, 2.45) is 0 Å². The van der Waals surface area contributed by atoms with Gasteiger partial charge in [0.2, 0.25) is 0 Å². The lowest BCUT2D eigenvalue weighted by molar-refractivity contribution is 0.628. The van der Waals surface area contributed by atoms with Crippen molar-refractivity contribution in [1.82, 2.24) is 9.97 Å². The SMILES string of the molecule is Fc1ccc(-c2nc(Cl)c3c(Cl)ccc(Cl)c3n2)cc1. The van der Waals surface area contributed by atoms with Gasteiger partial charge in [-0.3, -0.25) is 0 Å². The molecule has 1 aromatic heterocycles. The Bertz CT molecular complexity index is 804. The normalized spacial score (nSPS) is 11.0. The molecule has 1 heterocycles. The van der Waals surface area contributed by atoms with Crippen molar-refractivity contribution in [1.29, 1.82) is 0 Å². The maximum absolute atomic E-state index is 12.9. The van der Waals surface area contributed by atoms with E-state index >= 15 is 0 Å². The number of benzene rings is 2. The number of hydrogen-bond acceptors (Lipinski definition) is 2. The highest BCUT2D eigenvalue weighted by Crippen LogP contribution is 2.34. The highest BCUT2D eigenvalue weighted by molar-refractivity contribution is 6.44. The molecule has 3 aromatic rings. The van der Waals surface area contributed by atoms with Gasteiger partial charge in [-0.2, -0.15) is 0 Å². The quantitative estimate of drug-likeness (QED) is 0.560. The molecule has 0 saturated carbocycles. The molecule has 0 N–H and O–H groups in total. The summed E-state index contributed by atoms with van der Waals surface area (Å²) in [4.78, 5) is 8.55. The minimum atomic E-state index is -0.332. The first-order chi connectivity index (χ1) is 9.56. The van der Waals surface area contributed by atoms with Crippen LogP contribution in [0, 0.1) is 5.82 Å². The molecule has 2 nitrogen and oxygen atoms in total. The van der Waals surface area contributed by atoms with Gasteiger partial charge >= 0.3 is 0 Å². The number of rotatable bonds is 1. The van der Waals surface area contributed by atoms with E-state index in [4.69, 9.17) is 34.8 Å². The van der Waals surface area contributed by atoms with Crippen molar-refractivity contribution in [3.8, 4) is 11.4 Å². The minimum absolute atomic E-state index is 0.210. The molecule has 3 rings (SSSR count). The Labute approximate surface area is 129 Å². The lowest BCUT2D eigenvalue weighted by atomic mass is 10.2.